The van der Waals surface area contributed by atoms with Crippen molar-refractivity contribution in [2.24, 2.45) is 0 Å². The summed E-state index contributed by atoms with van der Waals surface area (Å²) in [6.45, 7) is 5.83. The van der Waals surface area contributed by atoms with Gasteiger partial charge in [-0.1, -0.05) is 6.42 Å². The predicted octanol–water partition coefficient (Wildman–Crippen LogP) is 2.64. The highest BCUT2D eigenvalue weighted by molar-refractivity contribution is 5.94. The minimum atomic E-state index is -0.455. The molecule has 1 aromatic rings. The molecule has 1 fully saturated rings. The van der Waals surface area contributed by atoms with E-state index in [1.807, 2.05) is 13.8 Å². The van der Waals surface area contributed by atoms with Gasteiger partial charge in [0.2, 0.25) is 5.91 Å². The number of likely N-dealkylation sites (tertiary alicyclic amines) is 1. The third-order valence-corrected chi connectivity index (χ3v) is 3.90. The van der Waals surface area contributed by atoms with Crippen molar-refractivity contribution >= 4 is 17.3 Å². The summed E-state index contributed by atoms with van der Waals surface area (Å²) < 4.78 is 0. The van der Waals surface area contributed by atoms with Gasteiger partial charge in [0.1, 0.15) is 5.69 Å². The smallest absolute Gasteiger partial charge is 0.293 e. The number of nitro benzene ring substituents is 1. The van der Waals surface area contributed by atoms with Gasteiger partial charge in [-0.15, -0.1) is 0 Å². The van der Waals surface area contributed by atoms with Crippen molar-refractivity contribution < 1.29 is 9.72 Å². The van der Waals surface area contributed by atoms with E-state index >= 15 is 0 Å². The Labute approximate surface area is 124 Å². The van der Waals surface area contributed by atoms with Crippen LogP contribution in [0.3, 0.4) is 0 Å². The molecule has 1 aromatic carbocycles. The van der Waals surface area contributed by atoms with Crippen molar-refractivity contribution in [2.75, 3.05) is 25.0 Å². The molecule has 0 atom stereocenters. The molecular formula is C15H21N3O3. The van der Waals surface area contributed by atoms with Crippen LogP contribution in [0.5, 0.6) is 0 Å². The van der Waals surface area contributed by atoms with E-state index in [1.54, 1.807) is 6.07 Å². The van der Waals surface area contributed by atoms with Crippen LogP contribution < -0.4 is 5.32 Å². The molecule has 6 nitrogen and oxygen atoms in total. The van der Waals surface area contributed by atoms with E-state index in [2.05, 4.69) is 10.2 Å². The fourth-order valence-electron chi connectivity index (χ4n) is 2.56. The van der Waals surface area contributed by atoms with Gasteiger partial charge in [-0.25, -0.2) is 0 Å². The van der Waals surface area contributed by atoms with Gasteiger partial charge < -0.3 is 5.32 Å². The SMILES string of the molecule is Cc1cc(NC(=O)CN2CCCCC2)c([N+](=O)[O-])cc1C. The van der Waals surface area contributed by atoms with Crippen molar-refractivity contribution in [1.29, 1.82) is 0 Å². The van der Waals surface area contributed by atoms with Crippen LogP contribution in [0, 0.1) is 24.0 Å². The first kappa shape index (κ1) is 15.4. The molecule has 1 heterocycles. The van der Waals surface area contributed by atoms with Crippen LogP contribution in [-0.2, 0) is 4.79 Å². The molecule has 0 spiro atoms. The van der Waals surface area contributed by atoms with E-state index < -0.39 is 4.92 Å². The number of rotatable bonds is 4. The first-order chi connectivity index (χ1) is 9.97. The van der Waals surface area contributed by atoms with Crippen molar-refractivity contribution in [2.45, 2.75) is 33.1 Å². The van der Waals surface area contributed by atoms with E-state index in [1.165, 1.54) is 12.5 Å². The molecule has 0 aromatic heterocycles. The van der Waals surface area contributed by atoms with Crippen LogP contribution in [0.1, 0.15) is 30.4 Å². The monoisotopic (exact) mass is 291 g/mol. The molecule has 114 valence electrons. The molecule has 1 saturated heterocycles. The molecule has 0 aliphatic carbocycles. The van der Waals surface area contributed by atoms with Crippen LogP contribution in [0.2, 0.25) is 0 Å². The van der Waals surface area contributed by atoms with Crippen LogP contribution in [0.25, 0.3) is 0 Å². The van der Waals surface area contributed by atoms with E-state index in [0.717, 1.165) is 37.1 Å². The second-order valence-corrected chi connectivity index (χ2v) is 5.60. The number of nitro groups is 1. The first-order valence-corrected chi connectivity index (χ1v) is 7.25. The number of piperidine rings is 1. The normalized spacial score (nSPS) is 15.7. The maximum Gasteiger partial charge on any atom is 0.293 e. The summed E-state index contributed by atoms with van der Waals surface area (Å²) in [7, 11) is 0. The number of nitrogens with zero attached hydrogens (tertiary/aromatic N) is 2. The third kappa shape index (κ3) is 4.01. The molecule has 1 N–H and O–H groups in total. The highest BCUT2D eigenvalue weighted by Gasteiger charge is 2.19. The Morgan fingerprint density at radius 1 is 1.24 bits per heavy atom. The van der Waals surface area contributed by atoms with Gasteiger partial charge in [0.05, 0.1) is 11.5 Å². The Hall–Kier alpha value is -1.95. The molecule has 0 saturated carbocycles. The highest BCUT2D eigenvalue weighted by Crippen LogP contribution is 2.27. The molecule has 2 rings (SSSR count). The summed E-state index contributed by atoms with van der Waals surface area (Å²) in [6.07, 6.45) is 3.43. The molecule has 0 bridgehead atoms. The van der Waals surface area contributed by atoms with E-state index in [4.69, 9.17) is 0 Å². The van der Waals surface area contributed by atoms with Crippen molar-refractivity contribution in [3.63, 3.8) is 0 Å². The lowest BCUT2D eigenvalue weighted by Gasteiger charge is -2.25. The second kappa shape index (κ2) is 6.67. The summed E-state index contributed by atoms with van der Waals surface area (Å²) in [5, 5.41) is 13.8. The summed E-state index contributed by atoms with van der Waals surface area (Å²) in [5.74, 6) is -0.191. The molecule has 1 aliphatic rings. The largest absolute Gasteiger partial charge is 0.319 e. The first-order valence-electron chi connectivity index (χ1n) is 7.25. The number of hydrogen-bond donors (Lipinski definition) is 1. The zero-order valence-corrected chi connectivity index (χ0v) is 12.5. The molecule has 6 heteroatoms. The van der Waals surface area contributed by atoms with Crippen LogP contribution in [-0.4, -0.2) is 35.4 Å². The van der Waals surface area contributed by atoms with E-state index in [0.29, 0.717) is 6.54 Å². The second-order valence-electron chi connectivity index (χ2n) is 5.60. The Balaban J connectivity index is 2.09. The molecule has 0 radical (unpaired) electrons. The lowest BCUT2D eigenvalue weighted by molar-refractivity contribution is -0.384. The van der Waals surface area contributed by atoms with Gasteiger partial charge in [0, 0.05) is 6.07 Å². The molecule has 0 unspecified atom stereocenters. The quantitative estimate of drug-likeness (QED) is 0.683. The minimum absolute atomic E-state index is 0.0508. The minimum Gasteiger partial charge on any atom is -0.319 e. The summed E-state index contributed by atoms with van der Waals surface area (Å²) in [4.78, 5) is 24.8. The number of hydrogen-bond acceptors (Lipinski definition) is 4. The van der Waals surface area contributed by atoms with E-state index in [9.17, 15) is 14.9 Å². The zero-order valence-electron chi connectivity index (χ0n) is 12.5. The van der Waals surface area contributed by atoms with Gasteiger partial charge >= 0.3 is 0 Å². The van der Waals surface area contributed by atoms with Crippen LogP contribution in [0.15, 0.2) is 12.1 Å². The van der Waals surface area contributed by atoms with Crippen molar-refractivity contribution in [3.8, 4) is 0 Å². The van der Waals surface area contributed by atoms with Crippen LogP contribution in [0.4, 0.5) is 11.4 Å². The number of anilines is 1. The number of nitrogens with one attached hydrogen (secondary N) is 1. The standard InChI is InChI=1S/C15H21N3O3/c1-11-8-13(14(18(20)21)9-12(11)2)16-15(19)10-17-6-4-3-5-7-17/h8-9H,3-7,10H2,1-2H3,(H,16,19). The van der Waals surface area contributed by atoms with Crippen LogP contribution >= 0.6 is 0 Å². The Morgan fingerprint density at radius 3 is 2.48 bits per heavy atom. The lowest BCUT2D eigenvalue weighted by atomic mass is 10.1. The number of aryl methyl sites for hydroxylation is 2. The topological polar surface area (TPSA) is 75.5 Å². The van der Waals surface area contributed by atoms with Gasteiger partial charge in [0.15, 0.2) is 0 Å². The Kier molecular flexibility index (Phi) is 4.90. The average Bonchev–Trinajstić information content (AvgIpc) is 2.43. The number of benzene rings is 1. The van der Waals surface area contributed by atoms with E-state index in [-0.39, 0.29) is 17.3 Å². The molecule has 1 aliphatic heterocycles. The number of carbonyl (C=O) groups is 1. The van der Waals surface area contributed by atoms with Crippen molar-refractivity contribution in [3.05, 3.63) is 33.4 Å². The molecule has 1 amide bonds. The summed E-state index contributed by atoms with van der Waals surface area (Å²) in [5.41, 5.74) is 2.00. The maximum atomic E-state index is 12.1. The Bertz CT molecular complexity index is 551. The zero-order chi connectivity index (χ0) is 15.4. The third-order valence-electron chi connectivity index (χ3n) is 3.90. The maximum absolute atomic E-state index is 12.1. The highest BCUT2D eigenvalue weighted by atomic mass is 16.6. The lowest BCUT2D eigenvalue weighted by Crippen LogP contribution is -2.36. The summed E-state index contributed by atoms with van der Waals surface area (Å²) in [6, 6.07) is 3.17. The van der Waals surface area contributed by atoms with Gasteiger partial charge in [-0.2, -0.15) is 0 Å². The van der Waals surface area contributed by atoms with Gasteiger partial charge in [-0.3, -0.25) is 19.8 Å². The summed E-state index contributed by atoms with van der Waals surface area (Å²) >= 11 is 0. The van der Waals surface area contributed by atoms with Crippen molar-refractivity contribution in [1.82, 2.24) is 4.90 Å². The fourth-order valence-corrected chi connectivity index (χ4v) is 2.56. The van der Waals surface area contributed by atoms with Gasteiger partial charge in [-0.05, 0) is 57.0 Å². The molecular weight excluding hydrogens is 270 g/mol. The number of amides is 1. The van der Waals surface area contributed by atoms with Gasteiger partial charge in [0.25, 0.3) is 5.69 Å². The fraction of sp³-hybridized carbons (Fsp3) is 0.533. The number of carbonyl (C=O) groups excluding carboxylic acids is 1. The average molecular weight is 291 g/mol. The Morgan fingerprint density at radius 2 is 1.86 bits per heavy atom. The predicted molar refractivity (Wildman–Crippen MR) is 81.5 cm³/mol. The molecule has 21 heavy (non-hydrogen) atoms.